The molecule has 1 unspecified atom stereocenters. The maximum atomic E-state index is 12.4. The smallest absolute Gasteiger partial charge is 0.313 e. The molecule has 1 atom stereocenters. The largest absolute Gasteiger partial charge is 0.492 e. The number of nitrogens with two attached hydrogens (primary N) is 1. The molecule has 208 valence electrons. The second-order valence-corrected chi connectivity index (χ2v) is 9.83. The van der Waals surface area contributed by atoms with Crippen molar-refractivity contribution in [3.63, 3.8) is 0 Å². The minimum atomic E-state index is -0.713. The lowest BCUT2D eigenvalue weighted by atomic mass is 10.1. The number of hydrogen-bond acceptors (Lipinski definition) is 7. The molecule has 2 aromatic rings. The first-order valence-corrected chi connectivity index (χ1v) is 13.0. The van der Waals surface area contributed by atoms with Crippen molar-refractivity contribution in [2.45, 2.75) is 40.2 Å². The summed E-state index contributed by atoms with van der Waals surface area (Å²) < 4.78 is 5.48. The van der Waals surface area contributed by atoms with Crippen LogP contribution in [0.2, 0.25) is 0 Å². The second kappa shape index (κ2) is 14.9. The molecule has 1 saturated heterocycles. The van der Waals surface area contributed by atoms with Crippen LogP contribution in [0.25, 0.3) is 0 Å². The summed E-state index contributed by atoms with van der Waals surface area (Å²) in [7, 11) is 4.07. The Labute approximate surface area is 226 Å². The molecule has 0 spiro atoms. The Kier molecular flexibility index (Phi) is 12.0. The molecule has 1 aliphatic rings. The third kappa shape index (κ3) is 9.33. The molecule has 0 saturated carbocycles. The summed E-state index contributed by atoms with van der Waals surface area (Å²) in [5, 5.41) is 2.58. The van der Waals surface area contributed by atoms with E-state index in [-0.39, 0.29) is 17.9 Å². The predicted molar refractivity (Wildman–Crippen MR) is 150 cm³/mol. The van der Waals surface area contributed by atoms with Gasteiger partial charge < -0.3 is 30.5 Å². The lowest BCUT2D eigenvalue weighted by Gasteiger charge is -2.40. The van der Waals surface area contributed by atoms with Gasteiger partial charge in [-0.25, -0.2) is 4.98 Å². The van der Waals surface area contributed by atoms with Crippen molar-refractivity contribution in [2.75, 3.05) is 57.9 Å². The highest BCUT2D eigenvalue weighted by atomic mass is 16.5. The number of nitrogen functional groups attached to an aromatic ring is 1. The van der Waals surface area contributed by atoms with Crippen molar-refractivity contribution in [1.82, 2.24) is 19.7 Å². The fourth-order valence-electron chi connectivity index (χ4n) is 3.86. The van der Waals surface area contributed by atoms with E-state index < -0.39 is 11.8 Å². The third-order valence-corrected chi connectivity index (χ3v) is 6.08. The van der Waals surface area contributed by atoms with E-state index in [0.717, 1.165) is 24.5 Å². The van der Waals surface area contributed by atoms with Crippen molar-refractivity contribution in [3.05, 3.63) is 48.2 Å². The quantitative estimate of drug-likeness (QED) is 0.532. The van der Waals surface area contributed by atoms with Gasteiger partial charge in [0, 0.05) is 38.1 Å². The number of benzene rings is 1. The van der Waals surface area contributed by atoms with Gasteiger partial charge in [-0.3, -0.25) is 14.4 Å². The van der Waals surface area contributed by atoms with E-state index in [1.165, 1.54) is 11.1 Å². The van der Waals surface area contributed by atoms with Gasteiger partial charge in [0.05, 0.1) is 11.9 Å². The molecule has 3 N–H and O–H groups in total. The number of carbonyl (C=O) groups is 3. The Morgan fingerprint density at radius 1 is 1.18 bits per heavy atom. The van der Waals surface area contributed by atoms with Gasteiger partial charge in [-0.05, 0) is 51.2 Å². The number of rotatable bonds is 7. The Morgan fingerprint density at radius 3 is 2.45 bits per heavy atom. The van der Waals surface area contributed by atoms with E-state index >= 15 is 0 Å². The van der Waals surface area contributed by atoms with Crippen LogP contribution in [-0.4, -0.2) is 90.3 Å². The molecule has 1 fully saturated rings. The van der Waals surface area contributed by atoms with Crippen molar-refractivity contribution >= 4 is 29.2 Å². The standard InChI is InChI=1S/C18H27N5O3.C10H15NO/c1-5-13-8-14(9-20-15(13)19)21-16(24)18(26)22-6-7-23(12(4)10-22)17(25)11(2)3;1-11(2)8-9-12-10-6-4-3-5-7-10/h8-9,11-12H,5-7,10H2,1-4H3,(H2,19,20)(H,21,24);3-7H,8-9H2,1-2H3. The Morgan fingerprint density at radius 2 is 1.87 bits per heavy atom. The summed E-state index contributed by atoms with van der Waals surface area (Å²) in [4.78, 5) is 46.3. The molecule has 0 bridgehead atoms. The van der Waals surface area contributed by atoms with Crippen molar-refractivity contribution in [1.29, 1.82) is 0 Å². The molecule has 0 aliphatic carbocycles. The number of nitrogens with zero attached hydrogens (tertiary/aromatic N) is 4. The molecule has 1 aromatic carbocycles. The molecule has 1 aromatic heterocycles. The maximum absolute atomic E-state index is 12.4. The number of aromatic nitrogens is 1. The summed E-state index contributed by atoms with van der Waals surface area (Å²) in [6.07, 6.45) is 2.11. The van der Waals surface area contributed by atoms with Crippen LogP contribution in [0.3, 0.4) is 0 Å². The fourth-order valence-corrected chi connectivity index (χ4v) is 3.86. The summed E-state index contributed by atoms with van der Waals surface area (Å²) in [5.41, 5.74) is 7.00. The molecule has 10 heteroatoms. The van der Waals surface area contributed by atoms with Crippen molar-refractivity contribution < 1.29 is 19.1 Å². The maximum Gasteiger partial charge on any atom is 0.313 e. The van der Waals surface area contributed by atoms with Gasteiger partial charge >= 0.3 is 11.8 Å². The van der Waals surface area contributed by atoms with Crippen LogP contribution in [-0.2, 0) is 20.8 Å². The Balaban J connectivity index is 0.000000352. The lowest BCUT2D eigenvalue weighted by Crippen LogP contribution is -2.57. The number of anilines is 2. The van der Waals surface area contributed by atoms with Gasteiger partial charge in [-0.1, -0.05) is 39.0 Å². The first-order chi connectivity index (χ1) is 18.0. The monoisotopic (exact) mass is 526 g/mol. The van der Waals surface area contributed by atoms with E-state index in [0.29, 0.717) is 37.6 Å². The van der Waals surface area contributed by atoms with E-state index in [2.05, 4.69) is 15.2 Å². The van der Waals surface area contributed by atoms with Gasteiger partial charge in [-0.15, -0.1) is 0 Å². The minimum absolute atomic E-state index is 0.0640. The van der Waals surface area contributed by atoms with Crippen LogP contribution in [0, 0.1) is 5.92 Å². The highest BCUT2D eigenvalue weighted by Gasteiger charge is 2.33. The summed E-state index contributed by atoms with van der Waals surface area (Å²) in [6, 6.07) is 11.5. The number of carbonyl (C=O) groups excluding carboxylic acids is 3. The van der Waals surface area contributed by atoms with Crippen LogP contribution in [0.4, 0.5) is 11.5 Å². The van der Waals surface area contributed by atoms with E-state index in [1.54, 1.807) is 11.0 Å². The molecule has 1 aliphatic heterocycles. The van der Waals surface area contributed by atoms with Crippen molar-refractivity contribution in [2.24, 2.45) is 5.92 Å². The number of amides is 3. The number of likely N-dealkylation sites (N-methyl/N-ethyl adjacent to an activating group) is 1. The zero-order chi connectivity index (χ0) is 28.2. The molecule has 3 amide bonds. The molecule has 0 radical (unpaired) electrons. The van der Waals surface area contributed by atoms with Crippen LogP contribution >= 0.6 is 0 Å². The third-order valence-electron chi connectivity index (χ3n) is 6.08. The van der Waals surface area contributed by atoms with Gasteiger partial charge in [0.1, 0.15) is 18.2 Å². The van der Waals surface area contributed by atoms with Crippen LogP contribution in [0.15, 0.2) is 42.6 Å². The molecular formula is C28H42N6O4. The predicted octanol–water partition coefficient (Wildman–Crippen LogP) is 2.51. The van der Waals surface area contributed by atoms with Crippen molar-refractivity contribution in [3.8, 4) is 5.75 Å². The van der Waals surface area contributed by atoms with Crippen LogP contribution in [0.5, 0.6) is 5.75 Å². The SMILES string of the molecule is CCc1cc(NC(=O)C(=O)N2CCN(C(=O)C(C)C)C(C)C2)cnc1N.CN(C)CCOc1ccccc1. The fraction of sp³-hybridized carbons (Fsp3) is 0.500. The zero-order valence-electron chi connectivity index (χ0n) is 23.4. The number of pyridine rings is 1. The average Bonchev–Trinajstić information content (AvgIpc) is 2.89. The normalized spacial score (nSPS) is 15.1. The second-order valence-electron chi connectivity index (χ2n) is 9.83. The topological polar surface area (TPSA) is 121 Å². The number of nitrogens with one attached hydrogen (secondary N) is 1. The zero-order valence-corrected chi connectivity index (χ0v) is 23.4. The minimum Gasteiger partial charge on any atom is -0.492 e. The summed E-state index contributed by atoms with van der Waals surface area (Å²) >= 11 is 0. The highest BCUT2D eigenvalue weighted by molar-refractivity contribution is 6.39. The van der Waals surface area contributed by atoms with Gasteiger partial charge in [0.15, 0.2) is 0 Å². The Hall–Kier alpha value is -3.66. The van der Waals surface area contributed by atoms with E-state index in [9.17, 15) is 14.4 Å². The van der Waals surface area contributed by atoms with E-state index in [1.807, 2.05) is 72.1 Å². The number of aryl methyl sites for hydroxylation is 1. The van der Waals surface area contributed by atoms with Gasteiger partial charge in [0.2, 0.25) is 5.91 Å². The molecule has 38 heavy (non-hydrogen) atoms. The number of piperazine rings is 1. The van der Waals surface area contributed by atoms with E-state index in [4.69, 9.17) is 10.5 Å². The highest BCUT2D eigenvalue weighted by Crippen LogP contribution is 2.17. The molecule has 2 heterocycles. The lowest BCUT2D eigenvalue weighted by molar-refractivity contribution is -0.148. The molecular weight excluding hydrogens is 484 g/mol. The van der Waals surface area contributed by atoms with Gasteiger partial charge in [0.25, 0.3) is 0 Å². The first-order valence-electron chi connectivity index (χ1n) is 13.0. The van der Waals surface area contributed by atoms with Crippen LogP contribution in [0.1, 0.15) is 33.3 Å². The van der Waals surface area contributed by atoms with Crippen LogP contribution < -0.4 is 15.8 Å². The summed E-state index contributed by atoms with van der Waals surface area (Å²) in [5.74, 6) is 0.0108. The number of ether oxygens (including phenoxy) is 1. The van der Waals surface area contributed by atoms with Gasteiger partial charge in [-0.2, -0.15) is 0 Å². The first kappa shape index (κ1) is 30.6. The Bertz CT molecular complexity index is 1060. The molecule has 10 nitrogen and oxygen atoms in total. The average molecular weight is 527 g/mol. The number of hydrogen-bond donors (Lipinski definition) is 2. The number of para-hydroxylation sites is 1. The summed E-state index contributed by atoms with van der Waals surface area (Å²) in [6.45, 7) is 10.3. The molecule has 3 rings (SSSR count).